The summed E-state index contributed by atoms with van der Waals surface area (Å²) in [5.74, 6) is -1.21. The number of aliphatic carboxylic acids is 1. The standard InChI is InChI=1S/C10H13NO4S2/c1-15-5-7(10(13)14)11-8(12)6-17-9-3-2-4-16-9/h2-4,7H,5-6H2,1H3,(H,11,12)(H,13,14). The van der Waals surface area contributed by atoms with Gasteiger partial charge in [0.2, 0.25) is 5.91 Å². The van der Waals surface area contributed by atoms with Crippen LogP contribution in [0, 0.1) is 0 Å². The van der Waals surface area contributed by atoms with Crippen LogP contribution in [0.15, 0.2) is 21.7 Å². The quantitative estimate of drug-likeness (QED) is 0.728. The average Bonchev–Trinajstić information content (AvgIpc) is 2.78. The van der Waals surface area contributed by atoms with Crippen LogP contribution in [-0.4, -0.2) is 42.5 Å². The molecule has 1 aromatic rings. The van der Waals surface area contributed by atoms with Gasteiger partial charge in [0, 0.05) is 7.11 Å². The van der Waals surface area contributed by atoms with Crippen LogP contribution in [-0.2, 0) is 14.3 Å². The van der Waals surface area contributed by atoms with E-state index in [-0.39, 0.29) is 18.3 Å². The van der Waals surface area contributed by atoms with Crippen LogP contribution in [0.5, 0.6) is 0 Å². The Morgan fingerprint density at radius 1 is 1.65 bits per heavy atom. The highest BCUT2D eigenvalue weighted by atomic mass is 32.2. The van der Waals surface area contributed by atoms with Gasteiger partial charge >= 0.3 is 5.97 Å². The van der Waals surface area contributed by atoms with Crippen molar-refractivity contribution in [2.45, 2.75) is 10.3 Å². The molecular weight excluding hydrogens is 262 g/mol. The molecule has 0 spiro atoms. The van der Waals surface area contributed by atoms with Crippen molar-refractivity contribution >= 4 is 35.0 Å². The topological polar surface area (TPSA) is 75.6 Å². The summed E-state index contributed by atoms with van der Waals surface area (Å²) in [5.41, 5.74) is 0. The summed E-state index contributed by atoms with van der Waals surface area (Å²) in [4.78, 5) is 22.2. The Morgan fingerprint density at radius 2 is 2.41 bits per heavy atom. The third-order valence-corrected chi connectivity index (χ3v) is 3.94. The van der Waals surface area contributed by atoms with Crippen LogP contribution in [0.3, 0.4) is 0 Å². The molecule has 1 rings (SSSR count). The van der Waals surface area contributed by atoms with Crippen LogP contribution in [0.25, 0.3) is 0 Å². The fraction of sp³-hybridized carbons (Fsp3) is 0.400. The number of carbonyl (C=O) groups is 2. The van der Waals surface area contributed by atoms with Crippen molar-refractivity contribution in [3.05, 3.63) is 17.5 Å². The monoisotopic (exact) mass is 275 g/mol. The molecule has 1 aromatic heterocycles. The second-order valence-corrected chi connectivity index (χ2v) is 5.36. The van der Waals surface area contributed by atoms with Crippen molar-refractivity contribution in [3.63, 3.8) is 0 Å². The van der Waals surface area contributed by atoms with Gasteiger partial charge in [0.15, 0.2) is 6.04 Å². The first-order valence-corrected chi connectivity index (χ1v) is 6.67. The molecule has 0 radical (unpaired) electrons. The fourth-order valence-electron chi connectivity index (χ4n) is 1.06. The van der Waals surface area contributed by atoms with E-state index in [0.717, 1.165) is 4.21 Å². The van der Waals surface area contributed by atoms with E-state index in [4.69, 9.17) is 9.84 Å². The van der Waals surface area contributed by atoms with Crippen LogP contribution in [0.1, 0.15) is 0 Å². The Balaban J connectivity index is 2.34. The van der Waals surface area contributed by atoms with Crippen LogP contribution < -0.4 is 5.32 Å². The normalized spacial score (nSPS) is 12.1. The molecule has 1 atom stereocenters. The number of thiophene rings is 1. The van der Waals surface area contributed by atoms with Crippen molar-refractivity contribution in [1.82, 2.24) is 5.32 Å². The maximum Gasteiger partial charge on any atom is 0.328 e. The molecule has 0 saturated heterocycles. The maximum absolute atomic E-state index is 11.5. The molecule has 0 bridgehead atoms. The van der Waals surface area contributed by atoms with Crippen molar-refractivity contribution in [2.24, 2.45) is 0 Å². The number of nitrogens with one attached hydrogen (secondary N) is 1. The Kier molecular flexibility index (Phi) is 6.03. The number of methoxy groups -OCH3 is 1. The second kappa shape index (κ2) is 7.31. The summed E-state index contributed by atoms with van der Waals surface area (Å²) in [5, 5.41) is 13.1. The van der Waals surface area contributed by atoms with E-state index in [0.29, 0.717) is 0 Å². The van der Waals surface area contributed by atoms with E-state index < -0.39 is 12.0 Å². The number of carboxylic acids is 1. The lowest BCUT2D eigenvalue weighted by Crippen LogP contribution is -2.44. The molecule has 5 nitrogen and oxygen atoms in total. The lowest BCUT2D eigenvalue weighted by Gasteiger charge is -2.12. The molecule has 94 valence electrons. The minimum absolute atomic E-state index is 0.0370. The molecule has 1 amide bonds. The summed E-state index contributed by atoms with van der Waals surface area (Å²) in [6.45, 7) is -0.0370. The lowest BCUT2D eigenvalue weighted by atomic mass is 10.3. The number of carbonyl (C=O) groups excluding carboxylic acids is 1. The highest BCUT2D eigenvalue weighted by Crippen LogP contribution is 2.22. The first-order valence-electron chi connectivity index (χ1n) is 4.81. The number of ether oxygens (including phenoxy) is 1. The molecule has 0 aliphatic heterocycles. The molecule has 1 unspecified atom stereocenters. The van der Waals surface area contributed by atoms with Crippen molar-refractivity contribution < 1.29 is 19.4 Å². The predicted molar refractivity (Wildman–Crippen MR) is 66.5 cm³/mol. The SMILES string of the molecule is COCC(NC(=O)CSc1cccs1)C(=O)O. The number of hydrogen-bond acceptors (Lipinski definition) is 5. The molecule has 0 aliphatic carbocycles. The van der Waals surface area contributed by atoms with Gasteiger partial charge in [-0.15, -0.1) is 23.1 Å². The van der Waals surface area contributed by atoms with Crippen molar-refractivity contribution in [1.29, 1.82) is 0 Å². The van der Waals surface area contributed by atoms with E-state index in [1.54, 1.807) is 11.3 Å². The fourth-order valence-corrected chi connectivity index (χ4v) is 2.66. The number of thioether (sulfide) groups is 1. The Morgan fingerprint density at radius 3 is 2.94 bits per heavy atom. The zero-order chi connectivity index (χ0) is 12.7. The average molecular weight is 275 g/mol. The van der Waals surface area contributed by atoms with Gasteiger partial charge in [0.25, 0.3) is 0 Å². The van der Waals surface area contributed by atoms with Crippen LogP contribution in [0.4, 0.5) is 0 Å². The van der Waals surface area contributed by atoms with Gasteiger partial charge in [0.05, 0.1) is 16.6 Å². The molecular formula is C10H13NO4S2. The van der Waals surface area contributed by atoms with Crippen LogP contribution in [0.2, 0.25) is 0 Å². The Bertz CT molecular complexity index is 366. The number of amides is 1. The first-order chi connectivity index (χ1) is 8.13. The van der Waals surface area contributed by atoms with E-state index >= 15 is 0 Å². The summed E-state index contributed by atoms with van der Waals surface area (Å²) in [6.07, 6.45) is 0. The summed E-state index contributed by atoms with van der Waals surface area (Å²) >= 11 is 2.92. The van der Waals surface area contributed by atoms with E-state index in [2.05, 4.69) is 5.32 Å². The molecule has 1 heterocycles. The third-order valence-electron chi connectivity index (χ3n) is 1.81. The number of carboxylic acid groups (broad SMARTS) is 1. The van der Waals surface area contributed by atoms with Gasteiger partial charge < -0.3 is 15.2 Å². The van der Waals surface area contributed by atoms with E-state index in [1.165, 1.54) is 18.9 Å². The van der Waals surface area contributed by atoms with Gasteiger partial charge in [-0.2, -0.15) is 0 Å². The molecule has 0 fully saturated rings. The molecule has 17 heavy (non-hydrogen) atoms. The van der Waals surface area contributed by atoms with E-state index in [9.17, 15) is 9.59 Å². The summed E-state index contributed by atoms with van der Waals surface area (Å²) in [6, 6.07) is 2.82. The third kappa shape index (κ3) is 5.20. The largest absolute Gasteiger partial charge is 0.480 e. The Labute approximate surface area is 107 Å². The smallest absolute Gasteiger partial charge is 0.328 e. The van der Waals surface area contributed by atoms with Gasteiger partial charge in [-0.05, 0) is 11.4 Å². The van der Waals surface area contributed by atoms with Gasteiger partial charge in [-0.25, -0.2) is 4.79 Å². The summed E-state index contributed by atoms with van der Waals surface area (Å²) < 4.78 is 5.74. The van der Waals surface area contributed by atoms with Gasteiger partial charge in [0.1, 0.15) is 0 Å². The molecule has 0 saturated carbocycles. The first kappa shape index (κ1) is 14.0. The molecule has 0 aliphatic rings. The number of hydrogen-bond donors (Lipinski definition) is 2. The minimum atomic E-state index is -1.10. The Hall–Kier alpha value is -1.05. The highest BCUT2D eigenvalue weighted by Gasteiger charge is 2.19. The summed E-state index contributed by atoms with van der Waals surface area (Å²) in [7, 11) is 1.39. The van der Waals surface area contributed by atoms with Crippen LogP contribution >= 0.6 is 23.1 Å². The van der Waals surface area contributed by atoms with Crippen molar-refractivity contribution in [2.75, 3.05) is 19.5 Å². The van der Waals surface area contributed by atoms with Gasteiger partial charge in [-0.1, -0.05) is 6.07 Å². The minimum Gasteiger partial charge on any atom is -0.480 e. The zero-order valence-electron chi connectivity index (χ0n) is 9.21. The second-order valence-electron chi connectivity index (χ2n) is 3.13. The molecule has 2 N–H and O–H groups in total. The number of rotatable bonds is 7. The molecule has 0 aromatic carbocycles. The predicted octanol–water partition coefficient (Wildman–Crippen LogP) is 1.06. The molecule has 7 heteroatoms. The highest BCUT2D eigenvalue weighted by molar-refractivity contribution is 8.01. The van der Waals surface area contributed by atoms with E-state index in [1.807, 2.05) is 17.5 Å². The zero-order valence-corrected chi connectivity index (χ0v) is 10.8. The lowest BCUT2D eigenvalue weighted by molar-refractivity contribution is -0.142. The van der Waals surface area contributed by atoms with Crippen molar-refractivity contribution in [3.8, 4) is 0 Å². The maximum atomic E-state index is 11.5. The van der Waals surface area contributed by atoms with Gasteiger partial charge in [-0.3, -0.25) is 4.79 Å².